The summed E-state index contributed by atoms with van der Waals surface area (Å²) in [7, 11) is 1.34. The van der Waals surface area contributed by atoms with Crippen LogP contribution in [-0.4, -0.2) is 29.0 Å². The monoisotopic (exact) mass is 300 g/mol. The molecule has 0 bridgehead atoms. The van der Waals surface area contributed by atoms with Gasteiger partial charge in [0, 0.05) is 0 Å². The summed E-state index contributed by atoms with van der Waals surface area (Å²) in [6, 6.07) is 0. The molecular weight excluding hydrogens is 292 g/mol. The van der Waals surface area contributed by atoms with Crippen molar-refractivity contribution in [2.75, 3.05) is 7.11 Å². The third-order valence-corrected chi connectivity index (χ3v) is 2.81. The van der Waals surface area contributed by atoms with Gasteiger partial charge in [0.1, 0.15) is 11.1 Å². The van der Waals surface area contributed by atoms with Crippen molar-refractivity contribution < 1.29 is 14.3 Å². The molecule has 0 aromatic heterocycles. The average molecular weight is 302 g/mol. The van der Waals surface area contributed by atoms with Gasteiger partial charge in [0.05, 0.1) is 11.9 Å². The highest BCUT2D eigenvalue weighted by atomic mass is 79.9. The Labute approximate surface area is 88.1 Å². The summed E-state index contributed by atoms with van der Waals surface area (Å²) in [5.41, 5.74) is 0. The molecule has 12 heavy (non-hydrogen) atoms. The van der Waals surface area contributed by atoms with Gasteiger partial charge in [-0.25, -0.2) is 0 Å². The van der Waals surface area contributed by atoms with E-state index in [1.165, 1.54) is 7.11 Å². The van der Waals surface area contributed by atoms with Crippen molar-refractivity contribution in [2.24, 2.45) is 0 Å². The molecule has 0 aromatic carbocycles. The molecule has 0 aliphatic heterocycles. The van der Waals surface area contributed by atoms with Crippen LogP contribution in [0.3, 0.4) is 0 Å². The van der Waals surface area contributed by atoms with E-state index in [0.29, 0.717) is 12.8 Å². The summed E-state index contributed by atoms with van der Waals surface area (Å²) in [6.45, 7) is 0. The molecule has 5 heteroatoms. The SMILES string of the molecule is COC(=O)C(Br)CCC(Br)C=O. The van der Waals surface area contributed by atoms with Crippen LogP contribution in [0.2, 0.25) is 0 Å². The van der Waals surface area contributed by atoms with Crippen LogP contribution in [-0.2, 0) is 14.3 Å². The normalized spacial score (nSPS) is 14.9. The highest BCUT2D eigenvalue weighted by molar-refractivity contribution is 9.10. The van der Waals surface area contributed by atoms with Gasteiger partial charge >= 0.3 is 5.97 Å². The standard InChI is InChI=1S/C7H10Br2O3/c1-12-7(11)6(9)3-2-5(8)4-10/h4-6H,2-3H2,1H3. The maximum atomic E-state index is 10.8. The van der Waals surface area contributed by atoms with Crippen molar-refractivity contribution in [1.82, 2.24) is 0 Å². The van der Waals surface area contributed by atoms with E-state index in [0.717, 1.165) is 6.29 Å². The molecule has 0 spiro atoms. The molecular formula is C7H10Br2O3. The van der Waals surface area contributed by atoms with Gasteiger partial charge < -0.3 is 9.53 Å². The molecule has 3 nitrogen and oxygen atoms in total. The summed E-state index contributed by atoms with van der Waals surface area (Å²) in [5, 5.41) is 0. The Morgan fingerprint density at radius 1 is 1.50 bits per heavy atom. The topological polar surface area (TPSA) is 43.4 Å². The van der Waals surface area contributed by atoms with Crippen LogP contribution in [0.5, 0.6) is 0 Å². The molecule has 0 saturated carbocycles. The fourth-order valence-electron chi connectivity index (χ4n) is 0.619. The molecule has 0 aliphatic carbocycles. The number of carbonyl (C=O) groups excluding carboxylic acids is 2. The lowest BCUT2D eigenvalue weighted by Gasteiger charge is -2.07. The molecule has 0 saturated heterocycles. The van der Waals surface area contributed by atoms with Gasteiger partial charge in [0.2, 0.25) is 0 Å². The second-order valence-electron chi connectivity index (χ2n) is 2.22. The molecule has 0 fully saturated rings. The van der Waals surface area contributed by atoms with Crippen LogP contribution in [0.1, 0.15) is 12.8 Å². The van der Waals surface area contributed by atoms with E-state index < -0.39 is 0 Å². The summed E-state index contributed by atoms with van der Waals surface area (Å²) in [5.74, 6) is -0.305. The van der Waals surface area contributed by atoms with Crippen molar-refractivity contribution in [3.63, 3.8) is 0 Å². The molecule has 0 heterocycles. The molecule has 2 atom stereocenters. The minimum absolute atomic E-state index is 0.179. The number of ether oxygens (including phenoxy) is 1. The lowest BCUT2D eigenvalue weighted by Crippen LogP contribution is -2.17. The van der Waals surface area contributed by atoms with E-state index in [1.54, 1.807) is 0 Å². The first-order chi connectivity index (χ1) is 5.61. The highest BCUT2D eigenvalue weighted by Crippen LogP contribution is 2.14. The Kier molecular flexibility index (Phi) is 6.65. The number of aldehydes is 1. The smallest absolute Gasteiger partial charge is 0.319 e. The third-order valence-electron chi connectivity index (χ3n) is 1.30. The summed E-state index contributed by atoms with van der Waals surface area (Å²) < 4.78 is 4.49. The van der Waals surface area contributed by atoms with Gasteiger partial charge in [-0.3, -0.25) is 4.79 Å². The third kappa shape index (κ3) is 4.87. The Morgan fingerprint density at radius 3 is 2.50 bits per heavy atom. The van der Waals surface area contributed by atoms with Crippen molar-refractivity contribution in [1.29, 1.82) is 0 Å². The molecule has 0 radical (unpaired) electrons. The Morgan fingerprint density at radius 2 is 2.08 bits per heavy atom. The lowest BCUT2D eigenvalue weighted by molar-refractivity contribution is -0.140. The van der Waals surface area contributed by atoms with Gasteiger partial charge in [0.25, 0.3) is 0 Å². The van der Waals surface area contributed by atoms with Crippen molar-refractivity contribution in [2.45, 2.75) is 22.5 Å². The average Bonchev–Trinajstić information content (AvgIpc) is 2.11. The molecule has 0 aromatic rings. The van der Waals surface area contributed by atoms with E-state index in [4.69, 9.17) is 0 Å². The lowest BCUT2D eigenvalue weighted by atomic mass is 10.2. The molecule has 0 rings (SSSR count). The number of methoxy groups -OCH3 is 1. The quantitative estimate of drug-likeness (QED) is 0.441. The summed E-state index contributed by atoms with van der Waals surface area (Å²) in [6.07, 6.45) is 2.01. The fourth-order valence-corrected chi connectivity index (χ4v) is 1.33. The first kappa shape index (κ1) is 12.1. The predicted molar refractivity (Wildman–Crippen MR) is 52.7 cm³/mol. The van der Waals surface area contributed by atoms with E-state index >= 15 is 0 Å². The van der Waals surface area contributed by atoms with Crippen LogP contribution in [0.25, 0.3) is 0 Å². The molecule has 0 N–H and O–H groups in total. The largest absolute Gasteiger partial charge is 0.468 e. The Balaban J connectivity index is 3.63. The zero-order valence-electron chi connectivity index (χ0n) is 6.63. The fraction of sp³-hybridized carbons (Fsp3) is 0.714. The van der Waals surface area contributed by atoms with Crippen LogP contribution in [0.15, 0.2) is 0 Å². The molecule has 2 unspecified atom stereocenters. The maximum Gasteiger partial charge on any atom is 0.319 e. The van der Waals surface area contributed by atoms with Crippen LogP contribution in [0.4, 0.5) is 0 Å². The number of hydrogen-bond acceptors (Lipinski definition) is 3. The van der Waals surface area contributed by atoms with Crippen molar-refractivity contribution in [3.05, 3.63) is 0 Å². The van der Waals surface area contributed by atoms with Crippen LogP contribution < -0.4 is 0 Å². The number of esters is 1. The highest BCUT2D eigenvalue weighted by Gasteiger charge is 2.16. The summed E-state index contributed by atoms with van der Waals surface area (Å²) in [4.78, 5) is 20.5. The van der Waals surface area contributed by atoms with Crippen molar-refractivity contribution >= 4 is 44.1 Å². The molecule has 70 valence electrons. The second-order valence-corrected chi connectivity index (χ2v) is 4.50. The van der Waals surface area contributed by atoms with Gasteiger partial charge in [0.15, 0.2) is 0 Å². The summed E-state index contributed by atoms with van der Waals surface area (Å²) >= 11 is 6.29. The van der Waals surface area contributed by atoms with Gasteiger partial charge in [-0.1, -0.05) is 31.9 Å². The zero-order valence-corrected chi connectivity index (χ0v) is 9.80. The number of hydrogen-bond donors (Lipinski definition) is 0. The molecule has 0 aliphatic rings. The first-order valence-electron chi connectivity index (χ1n) is 3.43. The van der Waals surface area contributed by atoms with Crippen LogP contribution in [0, 0.1) is 0 Å². The van der Waals surface area contributed by atoms with E-state index in [-0.39, 0.29) is 15.6 Å². The number of carbonyl (C=O) groups is 2. The maximum absolute atomic E-state index is 10.8. The van der Waals surface area contributed by atoms with E-state index in [1.807, 2.05) is 0 Å². The minimum Gasteiger partial charge on any atom is -0.468 e. The Hall–Kier alpha value is 0.1000. The minimum atomic E-state index is -0.317. The second kappa shape index (κ2) is 6.60. The Bertz CT molecular complexity index is 161. The van der Waals surface area contributed by atoms with Gasteiger partial charge in [-0.15, -0.1) is 0 Å². The first-order valence-corrected chi connectivity index (χ1v) is 5.26. The van der Waals surface area contributed by atoms with Crippen LogP contribution >= 0.6 is 31.9 Å². The number of halogens is 2. The van der Waals surface area contributed by atoms with E-state index in [9.17, 15) is 9.59 Å². The molecule has 0 amide bonds. The van der Waals surface area contributed by atoms with Gasteiger partial charge in [-0.2, -0.15) is 0 Å². The zero-order chi connectivity index (χ0) is 9.56. The number of alkyl halides is 2. The van der Waals surface area contributed by atoms with Crippen molar-refractivity contribution in [3.8, 4) is 0 Å². The van der Waals surface area contributed by atoms with E-state index in [2.05, 4.69) is 36.6 Å². The van der Waals surface area contributed by atoms with Gasteiger partial charge in [-0.05, 0) is 12.8 Å². The predicted octanol–water partition coefficient (Wildman–Crippen LogP) is 1.67. The number of rotatable bonds is 5.